The summed E-state index contributed by atoms with van der Waals surface area (Å²) in [6.07, 6.45) is 0.750. The first-order valence-corrected chi connectivity index (χ1v) is 17.4. The van der Waals surface area contributed by atoms with Gasteiger partial charge in [0.05, 0.1) is 0 Å². The second-order valence-corrected chi connectivity index (χ2v) is 15.0. The maximum absolute atomic E-state index is 3.38. The first-order chi connectivity index (χ1) is 23.5. The van der Waals surface area contributed by atoms with E-state index in [1.807, 2.05) is 0 Å². The van der Waals surface area contributed by atoms with E-state index in [0.717, 1.165) is 6.42 Å². The van der Waals surface area contributed by atoms with E-state index in [0.29, 0.717) is 0 Å². The van der Waals surface area contributed by atoms with Gasteiger partial charge in [0.15, 0.2) is 0 Å². The van der Waals surface area contributed by atoms with Gasteiger partial charge in [0.25, 0.3) is 0 Å². The Hall–Kier alpha value is -3.65. The largest absolute Gasteiger partial charge is 2.00 e. The molecule has 0 unspecified atom stereocenters. The molecule has 0 bridgehead atoms. The van der Waals surface area contributed by atoms with Crippen molar-refractivity contribution < 1.29 is 46.5 Å². The molecule has 0 spiro atoms. The molecule has 0 fully saturated rings. The van der Waals surface area contributed by atoms with Crippen molar-refractivity contribution in [3.05, 3.63) is 171 Å². The van der Waals surface area contributed by atoms with Gasteiger partial charge in [-0.1, -0.05) is 150 Å². The summed E-state index contributed by atoms with van der Waals surface area (Å²) in [5, 5.41) is 10.6. The number of hydrogen-bond donors (Lipinski definition) is 0. The van der Waals surface area contributed by atoms with Crippen molar-refractivity contribution in [3.63, 3.8) is 0 Å². The van der Waals surface area contributed by atoms with Crippen LogP contribution in [0.25, 0.3) is 65.3 Å². The Morgan fingerprint density at radius 1 is 0.423 bits per heavy atom. The predicted octanol–water partition coefficient (Wildman–Crippen LogP) is 8.40. The number of hydrogen-bond acceptors (Lipinski definition) is 0. The first-order valence-electron chi connectivity index (χ1n) is 17.4. The van der Waals surface area contributed by atoms with Crippen LogP contribution >= 0.6 is 0 Å². The zero-order valence-electron chi connectivity index (χ0n) is 31.2. The normalized spacial score (nSPS) is 11.1. The monoisotopic (exact) mass is 754 g/mol. The van der Waals surface area contributed by atoms with Crippen LogP contribution in [0.5, 0.6) is 0 Å². The molecule has 0 aromatic heterocycles. The summed E-state index contributed by atoms with van der Waals surface area (Å²) < 4.78 is 0. The second-order valence-electron chi connectivity index (χ2n) is 15.0. The molecular formula is C49H48Cl2Ti-4. The van der Waals surface area contributed by atoms with Crippen molar-refractivity contribution in [3.8, 4) is 22.3 Å². The summed E-state index contributed by atoms with van der Waals surface area (Å²) in [6.45, 7) is 20.4. The summed E-state index contributed by atoms with van der Waals surface area (Å²) >= 11 is 0. The van der Waals surface area contributed by atoms with Crippen LogP contribution in [-0.2, 0) is 32.5 Å². The van der Waals surface area contributed by atoms with E-state index in [4.69, 9.17) is 0 Å². The topological polar surface area (TPSA) is 0 Å². The molecule has 266 valence electrons. The second kappa shape index (κ2) is 17.9. The predicted molar refractivity (Wildman–Crippen MR) is 218 cm³/mol. The zero-order valence-corrected chi connectivity index (χ0v) is 34.3. The molecule has 0 atom stereocenters. The van der Waals surface area contributed by atoms with Crippen LogP contribution in [0.2, 0.25) is 0 Å². The van der Waals surface area contributed by atoms with Crippen LogP contribution in [0, 0.1) is 13.8 Å². The third kappa shape index (κ3) is 9.10. The molecule has 0 heterocycles. The van der Waals surface area contributed by atoms with Crippen molar-refractivity contribution in [1.29, 1.82) is 0 Å². The quantitative estimate of drug-likeness (QED) is 0.123. The molecule has 0 amide bonds. The fraction of sp³-hybridized carbons (Fsp3) is 0.184. The molecule has 0 N–H and O–H groups in total. The van der Waals surface area contributed by atoms with Gasteiger partial charge in [-0.3, -0.25) is 0 Å². The minimum atomic E-state index is 0. The average Bonchev–Trinajstić information content (AvgIpc) is 3.74. The van der Waals surface area contributed by atoms with Crippen molar-refractivity contribution in [2.45, 2.75) is 58.8 Å². The van der Waals surface area contributed by atoms with E-state index in [9.17, 15) is 0 Å². The third-order valence-electron chi connectivity index (χ3n) is 9.39. The summed E-state index contributed by atoms with van der Waals surface area (Å²) in [6, 6.07) is 53.1. The van der Waals surface area contributed by atoms with E-state index in [-0.39, 0.29) is 57.4 Å². The van der Waals surface area contributed by atoms with Gasteiger partial charge in [-0.15, -0.1) is 69.1 Å². The van der Waals surface area contributed by atoms with Gasteiger partial charge >= 0.3 is 21.7 Å². The van der Waals surface area contributed by atoms with E-state index < -0.39 is 0 Å². The van der Waals surface area contributed by atoms with Gasteiger partial charge in [0.2, 0.25) is 0 Å². The Bertz CT molecular complexity index is 2180. The summed E-state index contributed by atoms with van der Waals surface area (Å²) in [4.78, 5) is 0. The van der Waals surface area contributed by atoms with Crippen molar-refractivity contribution in [2.24, 2.45) is 0 Å². The molecule has 0 aliphatic rings. The van der Waals surface area contributed by atoms with Crippen molar-refractivity contribution in [2.75, 3.05) is 0 Å². The van der Waals surface area contributed by atoms with Gasteiger partial charge < -0.3 is 45.1 Å². The number of fused-ring (bicyclic) bond motifs is 4. The van der Waals surface area contributed by atoms with Crippen LogP contribution in [0.15, 0.2) is 146 Å². The van der Waals surface area contributed by atoms with Gasteiger partial charge in [0.1, 0.15) is 0 Å². The van der Waals surface area contributed by atoms with Gasteiger partial charge in [-0.05, 0) is 43.5 Å². The molecule has 3 heteroatoms. The molecule has 0 nitrogen and oxygen atoms in total. The molecule has 0 saturated heterocycles. The number of rotatable bonds is 2. The molecule has 52 heavy (non-hydrogen) atoms. The average molecular weight is 756 g/mol. The molecule has 0 radical (unpaired) electrons. The van der Waals surface area contributed by atoms with E-state index >= 15 is 0 Å². The molecule has 0 aliphatic heterocycles. The Labute approximate surface area is 339 Å². The summed E-state index contributed by atoms with van der Waals surface area (Å²) in [5.41, 5.74) is 8.45. The van der Waals surface area contributed by atoms with E-state index in [1.165, 1.54) is 76.5 Å². The Morgan fingerprint density at radius 2 is 0.712 bits per heavy atom. The van der Waals surface area contributed by atoms with Gasteiger partial charge in [-0.2, -0.15) is 12.1 Å². The SMILES string of the molecule is CC(C)(C)c1cc2c(-c3cccc4ccccc34)cccc2[cH-]1.CC(C)(C)c1cc2c(-c3cccc4ccccc34)cccc2[cH-]1.[CH2-]C[CH2-].[Cl-].[Cl-].[Ti+2]. The van der Waals surface area contributed by atoms with Crippen LogP contribution in [-0.4, -0.2) is 0 Å². The number of halogens is 2. The van der Waals surface area contributed by atoms with Gasteiger partial charge in [0, 0.05) is 0 Å². The maximum atomic E-state index is 3.38. The minimum Gasteiger partial charge on any atom is -1.00 e. The van der Waals surface area contributed by atoms with Crippen LogP contribution < -0.4 is 24.8 Å². The van der Waals surface area contributed by atoms with E-state index in [2.05, 4.69) is 201 Å². The zero-order chi connectivity index (χ0) is 34.8. The molecule has 8 aromatic rings. The molecule has 8 aromatic carbocycles. The van der Waals surface area contributed by atoms with Gasteiger partial charge in [-0.25, -0.2) is 0 Å². The van der Waals surface area contributed by atoms with Crippen molar-refractivity contribution >= 4 is 43.1 Å². The van der Waals surface area contributed by atoms with Crippen molar-refractivity contribution in [1.82, 2.24) is 0 Å². The van der Waals surface area contributed by atoms with E-state index in [1.54, 1.807) is 0 Å². The minimum absolute atomic E-state index is 0. The van der Waals surface area contributed by atoms with Crippen LogP contribution in [0.3, 0.4) is 0 Å². The third-order valence-corrected chi connectivity index (χ3v) is 9.39. The Morgan fingerprint density at radius 3 is 1.06 bits per heavy atom. The standard InChI is InChI=1S/2C23H21.C3H6.2ClH.Ti/c2*1-23(2,3)18-14-17-10-7-13-21(22(17)15-18)20-12-6-9-16-8-4-5-11-19(16)20;1-3-2;;;/h2*4-15H,1-3H3;1-3H2;2*1H;/q2*-1;-2;;;+2/p-2. The molecule has 0 aliphatic carbocycles. The fourth-order valence-corrected chi connectivity index (χ4v) is 6.73. The molecule has 8 rings (SSSR count). The van der Waals surface area contributed by atoms with Crippen LogP contribution in [0.1, 0.15) is 59.1 Å². The molecular weight excluding hydrogens is 707 g/mol. The maximum Gasteiger partial charge on any atom is 2.00 e. The number of benzene rings is 6. The first kappa shape index (κ1) is 42.8. The molecule has 0 saturated carbocycles. The fourth-order valence-electron chi connectivity index (χ4n) is 6.73. The smallest absolute Gasteiger partial charge is 1.00 e. The summed E-state index contributed by atoms with van der Waals surface area (Å²) in [5.74, 6) is 0. The Kier molecular flexibility index (Phi) is 14.7. The Balaban J connectivity index is 0.000000248. The van der Waals surface area contributed by atoms with Crippen LogP contribution in [0.4, 0.5) is 0 Å². The summed E-state index contributed by atoms with van der Waals surface area (Å²) in [7, 11) is 0.